The van der Waals surface area contributed by atoms with E-state index in [0.717, 1.165) is 31.7 Å². The third-order valence-corrected chi connectivity index (χ3v) is 5.38. The van der Waals surface area contributed by atoms with Gasteiger partial charge in [0.2, 0.25) is 0 Å². The summed E-state index contributed by atoms with van der Waals surface area (Å²) in [6.45, 7) is 2.53. The van der Waals surface area contributed by atoms with Crippen LogP contribution in [0.15, 0.2) is 53.9 Å². The number of ether oxygens (including phenoxy) is 1. The molecule has 1 aromatic heterocycles. The van der Waals surface area contributed by atoms with Crippen LogP contribution >= 0.6 is 11.3 Å². The van der Waals surface area contributed by atoms with Crippen LogP contribution in [0.5, 0.6) is 5.75 Å². The van der Waals surface area contributed by atoms with E-state index in [0.29, 0.717) is 10.9 Å². The van der Waals surface area contributed by atoms with Gasteiger partial charge >= 0.3 is 0 Å². The van der Waals surface area contributed by atoms with Crippen LogP contribution in [-0.2, 0) is 24.3 Å². The molecule has 5 nitrogen and oxygen atoms in total. The van der Waals surface area contributed by atoms with Crippen molar-refractivity contribution in [3.05, 3.63) is 76.5 Å². The minimum Gasteiger partial charge on any atom is -0.484 e. The van der Waals surface area contributed by atoms with Gasteiger partial charge in [-0.05, 0) is 41.8 Å². The summed E-state index contributed by atoms with van der Waals surface area (Å²) >= 11 is 1.40. The number of halogens is 1. The Morgan fingerprint density at radius 2 is 1.96 bits per heavy atom. The number of carbonyl (C=O) groups excluding carboxylic acids is 1. The first-order valence-electron chi connectivity index (χ1n) is 9.07. The zero-order chi connectivity index (χ0) is 19.3. The van der Waals surface area contributed by atoms with Crippen molar-refractivity contribution in [3.8, 4) is 5.75 Å². The van der Waals surface area contributed by atoms with Crippen molar-refractivity contribution in [1.29, 1.82) is 0 Å². The highest BCUT2D eigenvalue weighted by atomic mass is 32.1. The summed E-state index contributed by atoms with van der Waals surface area (Å²) in [7, 11) is 0. The van der Waals surface area contributed by atoms with Crippen molar-refractivity contribution in [2.45, 2.75) is 19.5 Å². The molecule has 1 aliphatic rings. The van der Waals surface area contributed by atoms with Crippen LogP contribution in [0.2, 0.25) is 0 Å². The Morgan fingerprint density at radius 3 is 2.79 bits per heavy atom. The van der Waals surface area contributed by atoms with E-state index in [1.807, 2.05) is 5.38 Å². The number of nitrogens with zero attached hydrogens (tertiary/aromatic N) is 2. The van der Waals surface area contributed by atoms with E-state index in [1.165, 1.54) is 46.7 Å². The number of aromatic nitrogens is 1. The van der Waals surface area contributed by atoms with Crippen molar-refractivity contribution < 1.29 is 13.9 Å². The molecule has 28 heavy (non-hydrogen) atoms. The molecule has 2 heterocycles. The second-order valence-electron chi connectivity index (χ2n) is 6.66. The number of fused-ring (bicyclic) bond motifs is 1. The molecule has 0 fully saturated rings. The lowest BCUT2D eigenvalue weighted by Gasteiger charge is -2.27. The van der Waals surface area contributed by atoms with Gasteiger partial charge in [0.25, 0.3) is 5.91 Å². The summed E-state index contributed by atoms with van der Waals surface area (Å²) in [5, 5.41) is 5.27. The first kappa shape index (κ1) is 18.6. The van der Waals surface area contributed by atoms with E-state index in [1.54, 1.807) is 0 Å². The highest BCUT2D eigenvalue weighted by molar-refractivity contribution is 7.13. The van der Waals surface area contributed by atoms with Crippen molar-refractivity contribution >= 4 is 22.4 Å². The molecule has 1 amide bonds. The van der Waals surface area contributed by atoms with Gasteiger partial charge in [0, 0.05) is 25.0 Å². The topological polar surface area (TPSA) is 54.5 Å². The average molecular weight is 397 g/mol. The van der Waals surface area contributed by atoms with Crippen molar-refractivity contribution in [3.63, 3.8) is 0 Å². The van der Waals surface area contributed by atoms with Gasteiger partial charge in [-0.25, -0.2) is 9.37 Å². The SMILES string of the molecule is O=C(COc1ccc(F)cc1)Nc1nc(CN2CCc3ccccc3C2)cs1. The normalized spacial score (nSPS) is 13.8. The molecule has 0 saturated carbocycles. The zero-order valence-electron chi connectivity index (χ0n) is 15.2. The third-order valence-electron chi connectivity index (χ3n) is 4.58. The number of carbonyl (C=O) groups is 1. The minimum atomic E-state index is -0.343. The lowest BCUT2D eigenvalue weighted by Crippen LogP contribution is -2.30. The Hall–Kier alpha value is -2.77. The van der Waals surface area contributed by atoms with Gasteiger partial charge in [0.05, 0.1) is 5.69 Å². The van der Waals surface area contributed by atoms with Gasteiger partial charge < -0.3 is 4.74 Å². The molecule has 144 valence electrons. The summed E-state index contributed by atoms with van der Waals surface area (Å²) in [4.78, 5) is 18.9. The second kappa shape index (κ2) is 8.50. The number of benzene rings is 2. The smallest absolute Gasteiger partial charge is 0.264 e. The average Bonchev–Trinajstić information content (AvgIpc) is 3.14. The van der Waals surface area contributed by atoms with Gasteiger partial charge in [-0.3, -0.25) is 15.0 Å². The Labute approximate surface area is 166 Å². The van der Waals surface area contributed by atoms with Crippen LogP contribution in [0.4, 0.5) is 9.52 Å². The number of anilines is 1. The summed E-state index contributed by atoms with van der Waals surface area (Å²) < 4.78 is 18.2. The first-order valence-corrected chi connectivity index (χ1v) is 9.95. The summed E-state index contributed by atoms with van der Waals surface area (Å²) in [5.74, 6) is -0.191. The number of hydrogen-bond acceptors (Lipinski definition) is 5. The summed E-state index contributed by atoms with van der Waals surface area (Å²) in [5.41, 5.74) is 3.74. The number of rotatable bonds is 6. The number of hydrogen-bond donors (Lipinski definition) is 1. The fourth-order valence-electron chi connectivity index (χ4n) is 3.19. The monoisotopic (exact) mass is 397 g/mol. The highest BCUT2D eigenvalue weighted by Crippen LogP contribution is 2.22. The predicted octanol–water partition coefficient (Wildman–Crippen LogP) is 3.86. The highest BCUT2D eigenvalue weighted by Gasteiger charge is 2.17. The summed E-state index contributed by atoms with van der Waals surface area (Å²) in [6, 6.07) is 14.1. The fraction of sp³-hybridized carbons (Fsp3) is 0.238. The zero-order valence-corrected chi connectivity index (χ0v) is 16.0. The van der Waals surface area contributed by atoms with Gasteiger partial charge in [-0.2, -0.15) is 0 Å². The second-order valence-corrected chi connectivity index (χ2v) is 7.52. The van der Waals surface area contributed by atoms with Gasteiger partial charge in [-0.1, -0.05) is 24.3 Å². The minimum absolute atomic E-state index is 0.149. The molecular formula is C21H20FN3O2S. The van der Waals surface area contributed by atoms with E-state index < -0.39 is 0 Å². The molecular weight excluding hydrogens is 377 g/mol. The molecule has 1 N–H and O–H groups in total. The first-order chi connectivity index (χ1) is 13.7. The van der Waals surface area contributed by atoms with Gasteiger partial charge in [0.15, 0.2) is 11.7 Å². The van der Waals surface area contributed by atoms with E-state index in [9.17, 15) is 9.18 Å². The predicted molar refractivity (Wildman–Crippen MR) is 107 cm³/mol. The Kier molecular flexibility index (Phi) is 5.64. The fourth-order valence-corrected chi connectivity index (χ4v) is 3.91. The van der Waals surface area contributed by atoms with Crippen LogP contribution in [0.25, 0.3) is 0 Å². The Balaban J connectivity index is 1.27. The largest absolute Gasteiger partial charge is 0.484 e. The van der Waals surface area contributed by atoms with Gasteiger partial charge in [-0.15, -0.1) is 11.3 Å². The number of nitrogens with one attached hydrogen (secondary N) is 1. The van der Waals surface area contributed by atoms with Crippen LogP contribution in [0.3, 0.4) is 0 Å². The molecule has 3 aromatic rings. The molecule has 0 atom stereocenters. The van der Waals surface area contributed by atoms with E-state index in [-0.39, 0.29) is 18.3 Å². The quantitative estimate of drug-likeness (QED) is 0.686. The molecule has 0 spiro atoms. The maximum atomic E-state index is 12.9. The third kappa shape index (κ3) is 4.74. The molecule has 0 radical (unpaired) electrons. The number of amides is 1. The van der Waals surface area contributed by atoms with Crippen molar-refractivity contribution in [1.82, 2.24) is 9.88 Å². The summed E-state index contributed by atoms with van der Waals surface area (Å²) in [6.07, 6.45) is 1.05. The van der Waals surface area contributed by atoms with Crippen molar-refractivity contribution in [2.24, 2.45) is 0 Å². The van der Waals surface area contributed by atoms with Crippen LogP contribution in [0.1, 0.15) is 16.8 Å². The van der Waals surface area contributed by atoms with Crippen molar-refractivity contribution in [2.75, 3.05) is 18.5 Å². The Bertz CT molecular complexity index is 958. The Morgan fingerprint density at radius 1 is 1.18 bits per heavy atom. The molecule has 0 unspecified atom stereocenters. The van der Waals surface area contributed by atoms with Crippen LogP contribution < -0.4 is 10.1 Å². The van der Waals surface area contributed by atoms with E-state index in [4.69, 9.17) is 4.74 Å². The standard InChI is InChI=1S/C21H20FN3O2S/c22-17-5-7-19(8-6-17)27-13-20(26)24-21-23-18(14-28-21)12-25-10-9-15-3-1-2-4-16(15)11-25/h1-8,14H,9-13H2,(H,23,24,26). The van der Waals surface area contributed by atoms with Crippen LogP contribution in [0, 0.1) is 5.82 Å². The number of thiazole rings is 1. The molecule has 0 aliphatic carbocycles. The molecule has 0 saturated heterocycles. The lowest BCUT2D eigenvalue weighted by molar-refractivity contribution is -0.118. The molecule has 7 heteroatoms. The lowest BCUT2D eigenvalue weighted by atomic mass is 10.00. The maximum absolute atomic E-state index is 12.9. The molecule has 4 rings (SSSR count). The maximum Gasteiger partial charge on any atom is 0.264 e. The van der Waals surface area contributed by atoms with Crippen LogP contribution in [-0.4, -0.2) is 28.9 Å². The van der Waals surface area contributed by atoms with E-state index >= 15 is 0 Å². The molecule has 2 aromatic carbocycles. The van der Waals surface area contributed by atoms with Gasteiger partial charge in [0.1, 0.15) is 11.6 Å². The van der Waals surface area contributed by atoms with E-state index in [2.05, 4.69) is 39.5 Å². The molecule has 0 bridgehead atoms. The molecule has 1 aliphatic heterocycles.